The number of hydrogen-bond acceptors (Lipinski definition) is 7. The Balaban J connectivity index is 1.74. The first kappa shape index (κ1) is 35.3. The summed E-state index contributed by atoms with van der Waals surface area (Å²) in [5.74, 6) is -2.90. The zero-order chi connectivity index (χ0) is 34.4. The maximum absolute atomic E-state index is 16.1. The van der Waals surface area contributed by atoms with E-state index in [1.165, 1.54) is 13.0 Å². The summed E-state index contributed by atoms with van der Waals surface area (Å²) in [7, 11) is 0. The minimum atomic E-state index is -1.45. The number of carboxylic acid groups (broad SMARTS) is 1. The Morgan fingerprint density at radius 3 is 2.39 bits per heavy atom. The molecule has 9 nitrogen and oxygen atoms in total. The van der Waals surface area contributed by atoms with Crippen molar-refractivity contribution in [2.75, 3.05) is 11.9 Å². The number of rotatable bonds is 8. The normalized spacial score (nSPS) is 19.3. The third-order valence-electron chi connectivity index (χ3n) is 8.36. The number of ether oxygens (including phenoxy) is 1. The molecule has 0 spiro atoms. The number of benzene rings is 1. The number of nitrogens with zero attached hydrogens (tertiary/aromatic N) is 4. The van der Waals surface area contributed by atoms with E-state index in [9.17, 15) is 19.1 Å². The van der Waals surface area contributed by atoms with Crippen LogP contribution in [0.3, 0.4) is 0 Å². The van der Waals surface area contributed by atoms with Crippen molar-refractivity contribution in [1.29, 1.82) is 0 Å². The van der Waals surface area contributed by atoms with Crippen LogP contribution < -0.4 is 5.32 Å². The second-order valence-electron chi connectivity index (χ2n) is 14.4. The van der Waals surface area contributed by atoms with E-state index in [2.05, 4.69) is 15.4 Å². The van der Waals surface area contributed by atoms with E-state index < -0.39 is 40.2 Å². The van der Waals surface area contributed by atoms with Crippen LogP contribution in [0.4, 0.5) is 20.4 Å². The van der Waals surface area contributed by atoms with Gasteiger partial charge in [-0.25, -0.2) is 18.6 Å². The Bertz CT molecular complexity index is 1650. The fraction of sp³-hybridized carbons (Fsp3) is 0.529. The molecule has 12 heteroatoms. The lowest BCUT2D eigenvalue weighted by molar-refractivity contribution is -0.172. The van der Waals surface area contributed by atoms with E-state index in [-0.39, 0.29) is 59.5 Å². The molecule has 0 saturated carbocycles. The number of likely N-dealkylation sites (tertiary alicyclic amines) is 1. The fourth-order valence-corrected chi connectivity index (χ4v) is 6.34. The van der Waals surface area contributed by atoms with Crippen molar-refractivity contribution in [2.45, 2.75) is 105 Å². The quantitative estimate of drug-likeness (QED) is 0.238. The number of pyridine rings is 1. The fourth-order valence-electron chi connectivity index (χ4n) is 6.15. The van der Waals surface area contributed by atoms with E-state index in [0.717, 1.165) is 5.69 Å². The van der Waals surface area contributed by atoms with Gasteiger partial charge in [0.1, 0.15) is 22.8 Å². The van der Waals surface area contributed by atoms with Gasteiger partial charge >= 0.3 is 11.9 Å². The zero-order valence-corrected chi connectivity index (χ0v) is 28.8. The van der Waals surface area contributed by atoms with Crippen LogP contribution in [0.1, 0.15) is 94.2 Å². The first-order valence-corrected chi connectivity index (χ1v) is 15.8. The maximum Gasteiger partial charge on any atom is 0.339 e. The van der Waals surface area contributed by atoms with Crippen molar-refractivity contribution in [1.82, 2.24) is 19.7 Å². The highest BCUT2D eigenvalue weighted by molar-refractivity contribution is 6.30. The second kappa shape index (κ2) is 12.9. The zero-order valence-electron chi connectivity index (χ0n) is 28.0. The SMILES string of the molecule is Cc1c(Nc2cc(C)n(C(C)(C)C)n2)nc(C[C@@]2(C(=O)OC(C)(C)C)CCN(Cc3cccc(Cl)c3F)[C@H](C)C2)c(F)c1C(=O)O. The van der Waals surface area contributed by atoms with Crippen LogP contribution in [0.25, 0.3) is 0 Å². The van der Waals surface area contributed by atoms with Gasteiger partial charge < -0.3 is 15.2 Å². The molecule has 1 aromatic carbocycles. The Morgan fingerprint density at radius 1 is 1.15 bits per heavy atom. The minimum absolute atomic E-state index is 0.0326. The number of aromatic nitrogens is 3. The molecule has 1 saturated heterocycles. The van der Waals surface area contributed by atoms with Gasteiger partial charge in [0, 0.05) is 41.9 Å². The predicted molar refractivity (Wildman–Crippen MR) is 174 cm³/mol. The van der Waals surface area contributed by atoms with Crippen LogP contribution in [0.15, 0.2) is 24.3 Å². The number of hydrogen-bond donors (Lipinski definition) is 2. The van der Waals surface area contributed by atoms with E-state index in [1.54, 1.807) is 39.0 Å². The van der Waals surface area contributed by atoms with Gasteiger partial charge in [0.25, 0.3) is 0 Å². The summed E-state index contributed by atoms with van der Waals surface area (Å²) in [6, 6.07) is 6.41. The molecule has 1 aliphatic rings. The van der Waals surface area contributed by atoms with Gasteiger partial charge in [-0.1, -0.05) is 23.7 Å². The van der Waals surface area contributed by atoms with Gasteiger partial charge in [0.2, 0.25) is 0 Å². The first-order valence-electron chi connectivity index (χ1n) is 15.4. The lowest BCUT2D eigenvalue weighted by Gasteiger charge is -2.45. The van der Waals surface area contributed by atoms with Gasteiger partial charge in [-0.2, -0.15) is 5.10 Å². The molecular weight excluding hydrogens is 616 g/mol. The summed E-state index contributed by atoms with van der Waals surface area (Å²) in [6.07, 6.45) is 0.311. The number of aromatic carboxylic acids is 1. The summed E-state index contributed by atoms with van der Waals surface area (Å²) in [5.41, 5.74) is -1.64. The van der Waals surface area contributed by atoms with Crippen LogP contribution >= 0.6 is 11.6 Å². The molecule has 0 bridgehead atoms. The molecule has 2 atom stereocenters. The van der Waals surface area contributed by atoms with E-state index in [0.29, 0.717) is 17.9 Å². The molecule has 4 rings (SSSR count). The Morgan fingerprint density at radius 2 is 1.83 bits per heavy atom. The van der Waals surface area contributed by atoms with Crippen molar-refractivity contribution < 1.29 is 28.2 Å². The van der Waals surface area contributed by atoms with E-state index >= 15 is 4.39 Å². The van der Waals surface area contributed by atoms with Crippen LogP contribution in [0.2, 0.25) is 5.02 Å². The Kier molecular flexibility index (Phi) is 9.90. The van der Waals surface area contributed by atoms with Crippen molar-refractivity contribution in [3.63, 3.8) is 0 Å². The Hall–Kier alpha value is -3.57. The molecule has 0 amide bonds. The molecular formula is C34H44ClF2N5O4. The number of piperidine rings is 1. The smallest absolute Gasteiger partial charge is 0.339 e. The van der Waals surface area contributed by atoms with Crippen LogP contribution in [0, 0.1) is 30.9 Å². The molecule has 2 aromatic heterocycles. The highest BCUT2D eigenvalue weighted by atomic mass is 35.5. The standard InChI is InChI=1S/C34H44ClF2N5O4/c1-19-15-25(40-42(19)32(4,5)6)39-29-21(3)26(30(43)44)28(37)24(38-29)17-34(31(45)46-33(7,8)9)13-14-41(20(2)16-34)18-22-11-10-12-23(35)27(22)36/h10-12,15,20H,13-14,16-18H2,1-9H3,(H,43,44)(H,38,39,40)/t20-,34-/m1/s1. The number of anilines is 2. The molecule has 3 aromatic rings. The third-order valence-corrected chi connectivity index (χ3v) is 8.65. The Labute approximate surface area is 274 Å². The molecule has 1 aliphatic heterocycles. The molecule has 250 valence electrons. The number of nitrogens with one attached hydrogen (secondary N) is 1. The van der Waals surface area contributed by atoms with Gasteiger partial charge in [-0.05, 0) is 87.8 Å². The van der Waals surface area contributed by atoms with Gasteiger partial charge in [0.15, 0.2) is 11.6 Å². The largest absolute Gasteiger partial charge is 0.478 e. The number of carbonyl (C=O) groups is 2. The topological polar surface area (TPSA) is 110 Å². The molecule has 46 heavy (non-hydrogen) atoms. The van der Waals surface area contributed by atoms with Crippen molar-refractivity contribution in [3.8, 4) is 0 Å². The van der Waals surface area contributed by atoms with Crippen LogP contribution in [-0.2, 0) is 28.0 Å². The number of esters is 1. The first-order chi connectivity index (χ1) is 21.2. The van der Waals surface area contributed by atoms with Crippen LogP contribution in [0.5, 0.6) is 0 Å². The maximum atomic E-state index is 16.1. The average Bonchev–Trinajstić information content (AvgIpc) is 3.30. The molecule has 0 unspecified atom stereocenters. The van der Waals surface area contributed by atoms with Crippen LogP contribution in [-0.4, -0.2) is 54.9 Å². The average molecular weight is 660 g/mol. The lowest BCUT2D eigenvalue weighted by atomic mass is 9.71. The number of halogens is 3. The number of aryl methyl sites for hydroxylation is 1. The van der Waals surface area contributed by atoms with E-state index in [1.807, 2.05) is 44.2 Å². The highest BCUT2D eigenvalue weighted by Crippen LogP contribution is 2.42. The van der Waals surface area contributed by atoms with Gasteiger partial charge in [0.05, 0.1) is 21.7 Å². The van der Waals surface area contributed by atoms with Crippen molar-refractivity contribution in [2.24, 2.45) is 5.41 Å². The van der Waals surface area contributed by atoms with Crippen molar-refractivity contribution in [3.05, 3.63) is 69.0 Å². The third kappa shape index (κ3) is 7.52. The predicted octanol–water partition coefficient (Wildman–Crippen LogP) is 7.58. The monoisotopic (exact) mass is 659 g/mol. The van der Waals surface area contributed by atoms with Gasteiger partial charge in [-0.15, -0.1) is 0 Å². The summed E-state index contributed by atoms with van der Waals surface area (Å²) < 4.78 is 38.5. The number of carboxylic acids is 1. The summed E-state index contributed by atoms with van der Waals surface area (Å²) in [4.78, 5) is 32.9. The highest BCUT2D eigenvalue weighted by Gasteiger charge is 2.48. The summed E-state index contributed by atoms with van der Waals surface area (Å²) in [6.45, 7) is 17.2. The molecule has 0 radical (unpaired) electrons. The van der Waals surface area contributed by atoms with Gasteiger partial charge in [-0.3, -0.25) is 14.4 Å². The van der Waals surface area contributed by atoms with E-state index in [4.69, 9.17) is 16.3 Å². The summed E-state index contributed by atoms with van der Waals surface area (Å²) >= 11 is 6.01. The van der Waals surface area contributed by atoms with Crippen molar-refractivity contribution >= 4 is 35.2 Å². The summed E-state index contributed by atoms with van der Waals surface area (Å²) in [5, 5.41) is 17.8. The number of carbonyl (C=O) groups excluding carboxylic acids is 1. The minimum Gasteiger partial charge on any atom is -0.478 e. The molecule has 0 aliphatic carbocycles. The molecule has 1 fully saturated rings. The lowest BCUT2D eigenvalue weighted by Crippen LogP contribution is -2.51. The molecule has 2 N–H and O–H groups in total. The second-order valence-corrected chi connectivity index (χ2v) is 14.8. The molecule has 3 heterocycles.